The van der Waals surface area contributed by atoms with Gasteiger partial charge in [0.1, 0.15) is 0 Å². The molecule has 31 heavy (non-hydrogen) atoms. The smallest absolute Gasteiger partial charge is 0.338 e. The molecule has 8 heteroatoms. The summed E-state index contributed by atoms with van der Waals surface area (Å²) in [6, 6.07) is 13.6. The zero-order valence-corrected chi connectivity index (χ0v) is 18.7. The van der Waals surface area contributed by atoms with Gasteiger partial charge in [0.25, 0.3) is 5.91 Å². The Morgan fingerprint density at radius 1 is 1.03 bits per heavy atom. The molecule has 1 saturated heterocycles. The van der Waals surface area contributed by atoms with Crippen LogP contribution in [0.2, 0.25) is 0 Å². The fourth-order valence-electron chi connectivity index (χ4n) is 3.41. The number of likely N-dealkylation sites (N-methyl/N-ethyl adjacent to an activating group) is 1. The fourth-order valence-corrected chi connectivity index (χ4v) is 4.98. The molecule has 0 aliphatic carbocycles. The number of carbonyl (C=O) groups excluding carboxylic acids is 2. The summed E-state index contributed by atoms with van der Waals surface area (Å²) in [6.07, 6.45) is 2.68. The first-order valence-corrected chi connectivity index (χ1v) is 11.8. The predicted octanol–water partition coefficient (Wildman–Crippen LogP) is 2.99. The average molecular weight is 445 g/mol. The molecule has 0 bridgehead atoms. The molecule has 3 rings (SSSR count). The monoisotopic (exact) mass is 444 g/mol. The highest BCUT2D eigenvalue weighted by molar-refractivity contribution is 7.89. The maximum Gasteiger partial charge on any atom is 0.338 e. The van der Waals surface area contributed by atoms with Crippen LogP contribution in [0.4, 0.5) is 0 Å². The van der Waals surface area contributed by atoms with Crippen molar-refractivity contribution in [2.75, 3.05) is 26.7 Å². The lowest BCUT2D eigenvalue weighted by atomic mass is 10.1. The van der Waals surface area contributed by atoms with Gasteiger partial charge in [-0.15, -0.1) is 0 Å². The van der Waals surface area contributed by atoms with E-state index in [1.165, 1.54) is 33.5 Å². The van der Waals surface area contributed by atoms with Crippen LogP contribution in [0.5, 0.6) is 0 Å². The third-order valence-electron chi connectivity index (χ3n) is 5.32. The largest absolute Gasteiger partial charge is 0.452 e. The predicted molar refractivity (Wildman–Crippen MR) is 117 cm³/mol. The van der Waals surface area contributed by atoms with Gasteiger partial charge in [-0.3, -0.25) is 4.79 Å². The minimum absolute atomic E-state index is 0.0617. The number of nitrogens with zero attached hydrogens (tertiary/aromatic N) is 2. The molecule has 2 aromatic carbocycles. The number of rotatable bonds is 7. The van der Waals surface area contributed by atoms with Crippen molar-refractivity contribution in [3.05, 3.63) is 65.2 Å². The number of hydrogen-bond acceptors (Lipinski definition) is 5. The highest BCUT2D eigenvalue weighted by Gasteiger charge is 2.26. The molecule has 166 valence electrons. The molecular formula is C23H28N2O5S. The van der Waals surface area contributed by atoms with E-state index < -0.39 is 22.6 Å². The van der Waals surface area contributed by atoms with Crippen LogP contribution in [0.25, 0.3) is 0 Å². The van der Waals surface area contributed by atoms with Crippen molar-refractivity contribution in [3.63, 3.8) is 0 Å². The van der Waals surface area contributed by atoms with Crippen LogP contribution in [0.1, 0.15) is 40.7 Å². The van der Waals surface area contributed by atoms with Crippen LogP contribution in [0.3, 0.4) is 0 Å². The summed E-state index contributed by atoms with van der Waals surface area (Å²) in [5.74, 6) is -1.07. The highest BCUT2D eigenvalue weighted by Crippen LogP contribution is 2.21. The fraction of sp³-hybridized carbons (Fsp3) is 0.391. The Labute approximate surface area is 183 Å². The standard InChI is InChI=1S/C23H28N2O5S/c1-18-9-11-19(12-10-18)16-24(2)22(26)17-30-23(27)20-7-6-8-21(15-20)31(28,29)25-13-4-3-5-14-25/h6-12,15H,3-5,13-14,16-17H2,1-2H3. The minimum Gasteiger partial charge on any atom is -0.452 e. The van der Waals surface area contributed by atoms with Gasteiger partial charge in [-0.25, -0.2) is 13.2 Å². The summed E-state index contributed by atoms with van der Waals surface area (Å²) in [5.41, 5.74) is 2.21. The summed E-state index contributed by atoms with van der Waals surface area (Å²) in [4.78, 5) is 26.3. The van der Waals surface area contributed by atoms with Gasteiger partial charge in [-0.05, 0) is 43.5 Å². The summed E-state index contributed by atoms with van der Waals surface area (Å²) in [6.45, 7) is 2.95. The number of aryl methyl sites for hydroxylation is 1. The number of hydrogen-bond donors (Lipinski definition) is 0. The van der Waals surface area contributed by atoms with Gasteiger partial charge >= 0.3 is 5.97 Å². The molecule has 0 unspecified atom stereocenters. The van der Waals surface area contributed by atoms with Crippen molar-refractivity contribution in [3.8, 4) is 0 Å². The van der Waals surface area contributed by atoms with E-state index in [1.54, 1.807) is 7.05 Å². The van der Waals surface area contributed by atoms with Crippen molar-refractivity contribution >= 4 is 21.9 Å². The summed E-state index contributed by atoms with van der Waals surface area (Å²) < 4.78 is 32.2. The van der Waals surface area contributed by atoms with Crippen molar-refractivity contribution in [2.24, 2.45) is 0 Å². The van der Waals surface area contributed by atoms with E-state index in [4.69, 9.17) is 4.74 Å². The van der Waals surface area contributed by atoms with Crippen LogP contribution in [-0.2, 0) is 26.1 Å². The molecule has 2 aromatic rings. The SMILES string of the molecule is Cc1ccc(CN(C)C(=O)COC(=O)c2cccc(S(=O)(=O)N3CCCCC3)c2)cc1. The first-order valence-electron chi connectivity index (χ1n) is 10.3. The first-order chi connectivity index (χ1) is 14.8. The molecule has 0 saturated carbocycles. The third-order valence-corrected chi connectivity index (χ3v) is 7.21. The highest BCUT2D eigenvalue weighted by atomic mass is 32.2. The molecule has 1 heterocycles. The quantitative estimate of drug-likeness (QED) is 0.613. The topological polar surface area (TPSA) is 84.0 Å². The molecule has 0 atom stereocenters. The van der Waals surface area contributed by atoms with Crippen molar-refractivity contribution < 1.29 is 22.7 Å². The number of piperidine rings is 1. The maximum atomic E-state index is 12.8. The molecule has 0 spiro atoms. The Morgan fingerprint density at radius 3 is 2.39 bits per heavy atom. The van der Waals surface area contributed by atoms with Gasteiger partial charge in [0.15, 0.2) is 6.61 Å². The van der Waals surface area contributed by atoms with Crippen molar-refractivity contribution in [1.29, 1.82) is 0 Å². The number of amides is 1. The van der Waals surface area contributed by atoms with E-state index in [-0.39, 0.29) is 16.4 Å². The van der Waals surface area contributed by atoms with E-state index in [0.29, 0.717) is 19.6 Å². The summed E-state index contributed by atoms with van der Waals surface area (Å²) in [5, 5.41) is 0. The zero-order valence-electron chi connectivity index (χ0n) is 17.9. The number of benzene rings is 2. The van der Waals surface area contributed by atoms with Crippen molar-refractivity contribution in [1.82, 2.24) is 9.21 Å². The van der Waals surface area contributed by atoms with E-state index in [9.17, 15) is 18.0 Å². The minimum atomic E-state index is -3.65. The van der Waals surface area contributed by atoms with Crippen LogP contribution in [0.15, 0.2) is 53.4 Å². The van der Waals surface area contributed by atoms with Gasteiger partial charge < -0.3 is 9.64 Å². The van der Waals surface area contributed by atoms with E-state index in [1.807, 2.05) is 31.2 Å². The van der Waals surface area contributed by atoms with Gasteiger partial charge in [0.05, 0.1) is 10.5 Å². The molecule has 1 fully saturated rings. The molecular weight excluding hydrogens is 416 g/mol. The lowest BCUT2D eigenvalue weighted by Crippen LogP contribution is -2.35. The molecule has 0 radical (unpaired) electrons. The van der Waals surface area contributed by atoms with Gasteiger partial charge in [-0.2, -0.15) is 4.31 Å². The zero-order chi connectivity index (χ0) is 22.4. The summed E-state index contributed by atoms with van der Waals surface area (Å²) in [7, 11) is -2.01. The van der Waals surface area contributed by atoms with Crippen LogP contribution in [0, 0.1) is 6.92 Å². The Morgan fingerprint density at radius 2 is 1.71 bits per heavy atom. The Bertz CT molecular complexity index is 1030. The Kier molecular flexibility index (Phi) is 7.46. The first kappa shape index (κ1) is 23.0. The van der Waals surface area contributed by atoms with Gasteiger partial charge in [0, 0.05) is 26.7 Å². The molecule has 1 aliphatic heterocycles. The van der Waals surface area contributed by atoms with Crippen LogP contribution < -0.4 is 0 Å². The number of ether oxygens (including phenoxy) is 1. The van der Waals surface area contributed by atoms with Crippen LogP contribution >= 0.6 is 0 Å². The molecule has 7 nitrogen and oxygen atoms in total. The van der Waals surface area contributed by atoms with Crippen LogP contribution in [-0.4, -0.2) is 56.2 Å². The average Bonchev–Trinajstić information content (AvgIpc) is 2.79. The number of carbonyl (C=O) groups is 2. The molecule has 1 amide bonds. The Hall–Kier alpha value is -2.71. The van der Waals surface area contributed by atoms with Gasteiger partial charge in [-0.1, -0.05) is 42.3 Å². The maximum absolute atomic E-state index is 12.8. The van der Waals surface area contributed by atoms with E-state index in [2.05, 4.69) is 0 Å². The van der Waals surface area contributed by atoms with E-state index >= 15 is 0 Å². The summed E-state index contributed by atoms with van der Waals surface area (Å²) >= 11 is 0. The second kappa shape index (κ2) is 10.1. The lowest BCUT2D eigenvalue weighted by molar-refractivity contribution is -0.133. The Balaban J connectivity index is 1.59. The van der Waals surface area contributed by atoms with E-state index in [0.717, 1.165) is 30.4 Å². The molecule has 0 N–H and O–H groups in total. The lowest BCUT2D eigenvalue weighted by Gasteiger charge is -2.26. The molecule has 1 aliphatic rings. The second-order valence-electron chi connectivity index (χ2n) is 7.80. The number of sulfonamides is 1. The van der Waals surface area contributed by atoms with Crippen molar-refractivity contribution in [2.45, 2.75) is 37.6 Å². The number of esters is 1. The third kappa shape index (κ3) is 5.92. The van der Waals surface area contributed by atoms with Gasteiger partial charge in [0.2, 0.25) is 10.0 Å². The molecule has 0 aromatic heterocycles. The second-order valence-corrected chi connectivity index (χ2v) is 9.74. The normalized spacial score (nSPS) is 14.8.